The van der Waals surface area contributed by atoms with Gasteiger partial charge >= 0.3 is 6.09 Å². The number of carbonyl (C=O) groups is 1. The number of anilines is 1. The Morgan fingerprint density at radius 2 is 1.66 bits per heavy atom. The molecule has 0 aliphatic rings. The average molecular weight is 549 g/mol. The molecular weight excluding hydrogens is 528 g/mol. The largest absolute Gasteiger partial charge is 0.446 e. The molecule has 13 heteroatoms. The molecule has 0 aliphatic heterocycles. The first-order valence-electron chi connectivity index (χ1n) is 11.0. The number of hydrogen-bond donors (Lipinski definition) is 0. The standard InChI is InChI=1S/C25H20F4N4O4S/c1-14(2)37-25(34)33(38(35,36)21-12-16(26)4-5-18(21)27)20-7-6-19(28)22(23(20)29)24-17(13-32(3)31-24)15-8-10-30-11-9-15/h4-14H,1-3H3. The molecule has 2 aromatic heterocycles. The number of halogens is 4. The van der Waals surface area contributed by atoms with E-state index >= 15 is 8.78 Å². The highest BCUT2D eigenvalue weighted by atomic mass is 32.2. The minimum Gasteiger partial charge on any atom is -0.446 e. The van der Waals surface area contributed by atoms with Gasteiger partial charge in [-0.3, -0.25) is 9.67 Å². The van der Waals surface area contributed by atoms with Crippen molar-refractivity contribution >= 4 is 21.8 Å². The van der Waals surface area contributed by atoms with Crippen molar-refractivity contribution in [3.8, 4) is 22.4 Å². The summed E-state index contributed by atoms with van der Waals surface area (Å²) in [5, 5.41) is 4.14. The van der Waals surface area contributed by atoms with Gasteiger partial charge in [-0.25, -0.2) is 30.8 Å². The van der Waals surface area contributed by atoms with Crippen LogP contribution in [-0.2, 0) is 21.8 Å². The van der Waals surface area contributed by atoms with Crippen molar-refractivity contribution in [2.24, 2.45) is 7.05 Å². The third-order valence-corrected chi connectivity index (χ3v) is 6.96. The van der Waals surface area contributed by atoms with Gasteiger partial charge in [0.15, 0.2) is 5.82 Å². The number of carbonyl (C=O) groups excluding carboxylic acids is 1. The van der Waals surface area contributed by atoms with Crippen LogP contribution in [0.2, 0.25) is 0 Å². The highest BCUT2D eigenvalue weighted by Crippen LogP contribution is 2.39. The van der Waals surface area contributed by atoms with Gasteiger partial charge in [-0.05, 0) is 61.9 Å². The van der Waals surface area contributed by atoms with Crippen LogP contribution in [0.3, 0.4) is 0 Å². The molecule has 0 bridgehead atoms. The van der Waals surface area contributed by atoms with E-state index in [1.165, 1.54) is 44.2 Å². The van der Waals surface area contributed by atoms with Gasteiger partial charge in [-0.15, -0.1) is 0 Å². The third-order valence-electron chi connectivity index (χ3n) is 5.26. The van der Waals surface area contributed by atoms with Crippen molar-refractivity contribution in [2.45, 2.75) is 24.8 Å². The lowest BCUT2D eigenvalue weighted by molar-refractivity contribution is 0.126. The molecule has 0 fully saturated rings. The number of benzene rings is 2. The zero-order valence-electron chi connectivity index (χ0n) is 20.2. The number of pyridine rings is 1. The van der Waals surface area contributed by atoms with Crippen molar-refractivity contribution < 1.29 is 35.5 Å². The molecular formula is C25H20F4N4O4S. The van der Waals surface area contributed by atoms with Gasteiger partial charge in [0.1, 0.15) is 33.7 Å². The van der Waals surface area contributed by atoms with Gasteiger partial charge in [-0.1, -0.05) is 0 Å². The SMILES string of the molecule is CC(C)OC(=O)N(c1ccc(F)c(-c2nn(C)cc2-c2ccncc2)c1F)S(=O)(=O)c1cc(F)ccc1F. The number of aromatic nitrogens is 3. The molecule has 2 aromatic carbocycles. The molecule has 0 unspecified atom stereocenters. The monoisotopic (exact) mass is 548 g/mol. The first kappa shape index (κ1) is 26.8. The van der Waals surface area contributed by atoms with E-state index in [0.717, 1.165) is 6.07 Å². The third kappa shape index (κ3) is 4.96. The number of ether oxygens (including phenoxy) is 1. The molecule has 4 aromatic rings. The Bertz CT molecular complexity index is 1630. The van der Waals surface area contributed by atoms with E-state index in [1.807, 2.05) is 0 Å². The van der Waals surface area contributed by atoms with Crippen LogP contribution in [0.1, 0.15) is 13.8 Å². The lowest BCUT2D eigenvalue weighted by Gasteiger charge is -2.24. The van der Waals surface area contributed by atoms with Crippen LogP contribution in [0.5, 0.6) is 0 Å². The van der Waals surface area contributed by atoms with Gasteiger partial charge < -0.3 is 4.74 Å². The summed E-state index contributed by atoms with van der Waals surface area (Å²) >= 11 is 0. The lowest BCUT2D eigenvalue weighted by Crippen LogP contribution is -2.39. The second-order valence-corrected chi connectivity index (χ2v) is 10.1. The van der Waals surface area contributed by atoms with E-state index in [-0.39, 0.29) is 15.6 Å². The van der Waals surface area contributed by atoms with Crippen LogP contribution in [-0.4, -0.2) is 35.4 Å². The summed E-state index contributed by atoms with van der Waals surface area (Å²) in [4.78, 5) is 15.6. The van der Waals surface area contributed by atoms with Crippen LogP contribution >= 0.6 is 0 Å². The minimum absolute atomic E-state index is 0.168. The maximum absolute atomic E-state index is 16.1. The van der Waals surface area contributed by atoms with E-state index in [4.69, 9.17) is 4.74 Å². The van der Waals surface area contributed by atoms with Gasteiger partial charge in [-0.2, -0.15) is 9.40 Å². The fourth-order valence-electron chi connectivity index (χ4n) is 3.68. The maximum Gasteiger partial charge on any atom is 0.429 e. The topological polar surface area (TPSA) is 94.4 Å². The Hall–Kier alpha value is -4.26. The van der Waals surface area contributed by atoms with E-state index in [1.54, 1.807) is 12.1 Å². The number of amides is 1. The maximum atomic E-state index is 16.1. The second kappa shape index (κ2) is 10.2. The Morgan fingerprint density at radius 3 is 2.32 bits per heavy atom. The van der Waals surface area contributed by atoms with Gasteiger partial charge in [0.05, 0.1) is 11.7 Å². The molecule has 198 valence electrons. The number of sulfonamides is 1. The van der Waals surface area contributed by atoms with E-state index < -0.39 is 61.6 Å². The summed E-state index contributed by atoms with van der Waals surface area (Å²) in [6, 6.07) is 6.10. The van der Waals surface area contributed by atoms with Crippen LogP contribution in [0, 0.1) is 23.3 Å². The second-order valence-electron chi connectivity index (χ2n) is 8.33. The molecule has 2 heterocycles. The summed E-state index contributed by atoms with van der Waals surface area (Å²) in [5.41, 5.74) is -1.17. The molecule has 0 radical (unpaired) electrons. The molecule has 0 atom stereocenters. The fraction of sp³-hybridized carbons (Fsp3) is 0.160. The number of aryl methyl sites for hydroxylation is 1. The summed E-state index contributed by atoms with van der Waals surface area (Å²) in [6.45, 7) is 2.79. The van der Waals surface area contributed by atoms with Gasteiger partial charge in [0, 0.05) is 31.2 Å². The van der Waals surface area contributed by atoms with Gasteiger partial charge in [0.2, 0.25) is 0 Å². The van der Waals surface area contributed by atoms with Crippen molar-refractivity contribution in [3.63, 3.8) is 0 Å². The molecule has 38 heavy (non-hydrogen) atoms. The fourth-order valence-corrected chi connectivity index (χ4v) is 5.09. The normalized spacial score (nSPS) is 11.6. The predicted octanol–water partition coefficient (Wildman–Crippen LogP) is 5.45. The number of rotatable bonds is 6. The summed E-state index contributed by atoms with van der Waals surface area (Å²) < 4.78 is 92.6. The predicted molar refractivity (Wildman–Crippen MR) is 129 cm³/mol. The summed E-state index contributed by atoms with van der Waals surface area (Å²) in [7, 11) is -3.78. The zero-order valence-corrected chi connectivity index (χ0v) is 21.0. The first-order chi connectivity index (χ1) is 17.9. The Morgan fingerprint density at radius 1 is 1.00 bits per heavy atom. The van der Waals surface area contributed by atoms with Crippen molar-refractivity contribution in [1.82, 2.24) is 14.8 Å². The van der Waals surface area contributed by atoms with Crippen LogP contribution in [0.15, 0.2) is 66.0 Å². The molecule has 8 nitrogen and oxygen atoms in total. The molecule has 0 spiro atoms. The van der Waals surface area contributed by atoms with E-state index in [0.29, 0.717) is 29.8 Å². The summed E-state index contributed by atoms with van der Waals surface area (Å²) in [5.74, 6) is -5.15. The number of nitrogens with zero attached hydrogens (tertiary/aromatic N) is 4. The molecule has 0 N–H and O–H groups in total. The van der Waals surface area contributed by atoms with Crippen LogP contribution in [0.4, 0.5) is 28.0 Å². The van der Waals surface area contributed by atoms with Crippen molar-refractivity contribution in [2.75, 3.05) is 4.31 Å². The van der Waals surface area contributed by atoms with Crippen molar-refractivity contribution in [3.05, 3.63) is 84.3 Å². The quantitative estimate of drug-likeness (QED) is 0.298. The van der Waals surface area contributed by atoms with E-state index in [9.17, 15) is 22.0 Å². The lowest BCUT2D eigenvalue weighted by atomic mass is 10.0. The highest BCUT2D eigenvalue weighted by Gasteiger charge is 2.38. The van der Waals surface area contributed by atoms with Crippen molar-refractivity contribution in [1.29, 1.82) is 0 Å². The van der Waals surface area contributed by atoms with E-state index in [2.05, 4.69) is 10.1 Å². The Balaban J connectivity index is 1.98. The molecule has 4 rings (SSSR count). The molecule has 0 aliphatic carbocycles. The first-order valence-corrected chi connectivity index (χ1v) is 12.5. The minimum atomic E-state index is -5.30. The van der Waals surface area contributed by atoms with Gasteiger partial charge in [0.25, 0.3) is 10.0 Å². The van der Waals surface area contributed by atoms with Crippen LogP contribution in [0.25, 0.3) is 22.4 Å². The average Bonchev–Trinajstić information content (AvgIpc) is 3.23. The van der Waals surface area contributed by atoms with Crippen LogP contribution < -0.4 is 4.31 Å². The highest BCUT2D eigenvalue weighted by molar-refractivity contribution is 7.93. The number of hydrogen-bond acceptors (Lipinski definition) is 6. The Labute approximate surface area is 215 Å². The summed E-state index contributed by atoms with van der Waals surface area (Å²) in [6.07, 6.45) is 1.91. The smallest absolute Gasteiger partial charge is 0.429 e. The molecule has 0 saturated heterocycles. The Kier molecular flexibility index (Phi) is 7.22. The zero-order chi connectivity index (χ0) is 27.8. The molecule has 0 saturated carbocycles. The molecule has 1 amide bonds.